The van der Waals surface area contributed by atoms with Gasteiger partial charge in [0.1, 0.15) is 5.75 Å². The van der Waals surface area contributed by atoms with Gasteiger partial charge in [0.05, 0.1) is 7.11 Å². The van der Waals surface area contributed by atoms with E-state index in [1.807, 2.05) is 37.3 Å². The lowest BCUT2D eigenvalue weighted by Gasteiger charge is -2.06. The van der Waals surface area contributed by atoms with Gasteiger partial charge in [-0.2, -0.15) is 0 Å². The summed E-state index contributed by atoms with van der Waals surface area (Å²) in [6, 6.07) is 5.81. The number of rotatable bonds is 5. The second-order valence-electron chi connectivity index (χ2n) is 3.51. The van der Waals surface area contributed by atoms with E-state index in [0.29, 0.717) is 6.42 Å². The molecule has 0 aromatic heterocycles. The van der Waals surface area contributed by atoms with Crippen LogP contribution in [0.15, 0.2) is 24.3 Å². The molecule has 86 valence electrons. The van der Waals surface area contributed by atoms with E-state index >= 15 is 0 Å². The first kappa shape index (κ1) is 12.3. The van der Waals surface area contributed by atoms with Crippen LogP contribution in [0.25, 0.3) is 6.08 Å². The van der Waals surface area contributed by atoms with E-state index in [1.54, 1.807) is 7.11 Å². The number of hydrogen-bond donors (Lipinski definition) is 1. The Labute approximate surface area is 95.4 Å². The van der Waals surface area contributed by atoms with Crippen LogP contribution < -0.4 is 4.74 Å². The van der Waals surface area contributed by atoms with Gasteiger partial charge >= 0.3 is 5.97 Å². The van der Waals surface area contributed by atoms with Gasteiger partial charge in [-0.15, -0.1) is 0 Å². The molecule has 0 aliphatic carbocycles. The average Bonchev–Trinajstić information content (AvgIpc) is 2.26. The van der Waals surface area contributed by atoms with E-state index in [1.165, 1.54) is 0 Å². The second kappa shape index (κ2) is 5.95. The summed E-state index contributed by atoms with van der Waals surface area (Å²) in [5, 5.41) is 8.49. The Balaban J connectivity index is 2.70. The summed E-state index contributed by atoms with van der Waals surface area (Å²) in [5.74, 6) is 0.0763. The lowest BCUT2D eigenvalue weighted by Crippen LogP contribution is -1.92. The minimum Gasteiger partial charge on any atom is -0.496 e. The Bertz CT molecular complexity index is 394. The van der Waals surface area contributed by atoms with Crippen LogP contribution in [0.4, 0.5) is 0 Å². The van der Waals surface area contributed by atoms with Crippen molar-refractivity contribution in [1.82, 2.24) is 0 Å². The summed E-state index contributed by atoms with van der Waals surface area (Å²) < 4.78 is 5.20. The molecular formula is C13H16O3. The number of benzene rings is 1. The summed E-state index contributed by atoms with van der Waals surface area (Å²) in [7, 11) is 1.64. The first-order chi connectivity index (χ1) is 7.65. The molecule has 0 fully saturated rings. The molecule has 0 aliphatic rings. The summed E-state index contributed by atoms with van der Waals surface area (Å²) in [6.07, 6.45) is 4.52. The minimum atomic E-state index is -0.771. The molecule has 16 heavy (non-hydrogen) atoms. The Morgan fingerprint density at radius 3 is 2.88 bits per heavy atom. The van der Waals surface area contributed by atoms with Crippen LogP contribution in [-0.4, -0.2) is 18.2 Å². The predicted octanol–water partition coefficient (Wildman–Crippen LogP) is 2.88. The standard InChI is InChI=1S/C13H16O3/c1-10-11(6-3-4-9-13(14)15)7-5-8-12(10)16-2/h3,5-8H,4,9H2,1-2H3,(H,14,15)/b6-3+. The monoisotopic (exact) mass is 220 g/mol. The zero-order chi connectivity index (χ0) is 12.0. The molecule has 0 atom stereocenters. The molecule has 0 unspecified atom stereocenters. The third-order valence-electron chi connectivity index (χ3n) is 2.37. The highest BCUT2D eigenvalue weighted by Gasteiger charge is 2.00. The van der Waals surface area contributed by atoms with Crippen molar-refractivity contribution in [2.24, 2.45) is 0 Å². The number of ether oxygens (including phenoxy) is 1. The van der Waals surface area contributed by atoms with Crippen molar-refractivity contribution in [1.29, 1.82) is 0 Å². The zero-order valence-electron chi connectivity index (χ0n) is 9.56. The summed E-state index contributed by atoms with van der Waals surface area (Å²) in [6.45, 7) is 1.98. The SMILES string of the molecule is COc1cccc(/C=C/CCC(=O)O)c1C. The van der Waals surface area contributed by atoms with Crippen LogP contribution in [0.2, 0.25) is 0 Å². The summed E-state index contributed by atoms with van der Waals surface area (Å²) >= 11 is 0. The van der Waals surface area contributed by atoms with E-state index in [4.69, 9.17) is 9.84 Å². The number of carboxylic acids is 1. The quantitative estimate of drug-likeness (QED) is 0.829. The minimum absolute atomic E-state index is 0.166. The van der Waals surface area contributed by atoms with E-state index in [-0.39, 0.29) is 6.42 Å². The smallest absolute Gasteiger partial charge is 0.303 e. The van der Waals surface area contributed by atoms with Gasteiger partial charge in [0.15, 0.2) is 0 Å². The Kier molecular flexibility index (Phi) is 4.58. The van der Waals surface area contributed by atoms with Gasteiger partial charge in [-0.1, -0.05) is 24.3 Å². The van der Waals surface area contributed by atoms with Crippen molar-refractivity contribution < 1.29 is 14.6 Å². The lowest BCUT2D eigenvalue weighted by molar-refractivity contribution is -0.136. The molecule has 0 amide bonds. The second-order valence-corrected chi connectivity index (χ2v) is 3.51. The molecule has 1 rings (SSSR count). The van der Waals surface area contributed by atoms with Crippen molar-refractivity contribution in [2.75, 3.05) is 7.11 Å². The maximum Gasteiger partial charge on any atom is 0.303 e. The molecule has 1 aromatic rings. The van der Waals surface area contributed by atoms with Crippen molar-refractivity contribution in [3.8, 4) is 5.75 Å². The average molecular weight is 220 g/mol. The molecule has 0 saturated carbocycles. The molecule has 0 saturated heterocycles. The molecule has 1 N–H and O–H groups in total. The van der Waals surface area contributed by atoms with Crippen molar-refractivity contribution >= 4 is 12.0 Å². The van der Waals surface area contributed by atoms with Gasteiger partial charge in [-0.05, 0) is 30.5 Å². The topological polar surface area (TPSA) is 46.5 Å². The van der Waals surface area contributed by atoms with Gasteiger partial charge < -0.3 is 9.84 Å². The molecular weight excluding hydrogens is 204 g/mol. The summed E-state index contributed by atoms with van der Waals surface area (Å²) in [5.41, 5.74) is 2.13. The normalized spacial score (nSPS) is 10.6. The highest BCUT2D eigenvalue weighted by atomic mass is 16.5. The van der Waals surface area contributed by atoms with Crippen LogP contribution >= 0.6 is 0 Å². The molecule has 0 spiro atoms. The fourth-order valence-electron chi connectivity index (χ4n) is 1.45. The van der Waals surface area contributed by atoms with E-state index in [2.05, 4.69) is 0 Å². The largest absolute Gasteiger partial charge is 0.496 e. The van der Waals surface area contributed by atoms with E-state index in [0.717, 1.165) is 16.9 Å². The van der Waals surface area contributed by atoms with Gasteiger partial charge in [0.2, 0.25) is 0 Å². The number of aliphatic carboxylic acids is 1. The van der Waals surface area contributed by atoms with Gasteiger partial charge in [-0.3, -0.25) is 4.79 Å². The maximum absolute atomic E-state index is 10.3. The molecule has 3 nitrogen and oxygen atoms in total. The van der Waals surface area contributed by atoms with Gasteiger partial charge in [-0.25, -0.2) is 0 Å². The Morgan fingerprint density at radius 1 is 1.50 bits per heavy atom. The van der Waals surface area contributed by atoms with Crippen LogP contribution in [0, 0.1) is 6.92 Å². The van der Waals surface area contributed by atoms with Crippen molar-refractivity contribution in [2.45, 2.75) is 19.8 Å². The van der Waals surface area contributed by atoms with E-state index in [9.17, 15) is 4.79 Å². The number of allylic oxidation sites excluding steroid dienone is 1. The first-order valence-electron chi connectivity index (χ1n) is 5.17. The zero-order valence-corrected chi connectivity index (χ0v) is 9.56. The van der Waals surface area contributed by atoms with Crippen molar-refractivity contribution in [3.63, 3.8) is 0 Å². The van der Waals surface area contributed by atoms with E-state index < -0.39 is 5.97 Å². The third kappa shape index (κ3) is 3.42. The highest BCUT2D eigenvalue weighted by molar-refractivity contribution is 5.67. The predicted molar refractivity (Wildman–Crippen MR) is 63.6 cm³/mol. The molecule has 1 aromatic carbocycles. The van der Waals surface area contributed by atoms with Gasteiger partial charge in [0.25, 0.3) is 0 Å². The molecule has 0 bridgehead atoms. The fraction of sp³-hybridized carbons (Fsp3) is 0.308. The van der Waals surface area contributed by atoms with Crippen LogP contribution in [-0.2, 0) is 4.79 Å². The molecule has 0 radical (unpaired) electrons. The fourth-order valence-corrected chi connectivity index (χ4v) is 1.45. The van der Waals surface area contributed by atoms with Crippen LogP contribution in [0.3, 0.4) is 0 Å². The van der Waals surface area contributed by atoms with Gasteiger partial charge in [0, 0.05) is 6.42 Å². The first-order valence-corrected chi connectivity index (χ1v) is 5.17. The van der Waals surface area contributed by atoms with Crippen LogP contribution in [0.5, 0.6) is 5.75 Å². The molecule has 0 aliphatic heterocycles. The number of hydrogen-bond acceptors (Lipinski definition) is 2. The Morgan fingerprint density at radius 2 is 2.25 bits per heavy atom. The van der Waals surface area contributed by atoms with Crippen molar-refractivity contribution in [3.05, 3.63) is 35.4 Å². The third-order valence-corrected chi connectivity index (χ3v) is 2.37. The number of methoxy groups -OCH3 is 1. The van der Waals surface area contributed by atoms with Crippen LogP contribution in [0.1, 0.15) is 24.0 Å². The highest BCUT2D eigenvalue weighted by Crippen LogP contribution is 2.21. The maximum atomic E-state index is 10.3. The molecule has 0 heterocycles. The lowest BCUT2D eigenvalue weighted by atomic mass is 10.1. The Hall–Kier alpha value is -1.77. The molecule has 3 heteroatoms. The summed E-state index contributed by atoms with van der Waals surface area (Å²) in [4.78, 5) is 10.3. The number of carbonyl (C=O) groups is 1. The number of carboxylic acid groups (broad SMARTS) is 1.